The van der Waals surface area contributed by atoms with Crippen molar-refractivity contribution >= 4 is 5.91 Å². The van der Waals surface area contributed by atoms with E-state index in [0.717, 1.165) is 25.7 Å². The first kappa shape index (κ1) is 16.5. The number of unbranched alkanes of at least 4 members (excludes halogenated alkanes) is 1. The predicted molar refractivity (Wildman–Crippen MR) is 80.9 cm³/mol. The van der Waals surface area contributed by atoms with Gasteiger partial charge in [-0.05, 0) is 25.2 Å². The average molecular weight is 268 g/mol. The van der Waals surface area contributed by atoms with E-state index in [4.69, 9.17) is 0 Å². The molecular formula is C16H32N2O. The Balaban J connectivity index is 2.82. The van der Waals surface area contributed by atoms with Crippen LogP contribution in [0, 0.1) is 5.92 Å². The summed E-state index contributed by atoms with van der Waals surface area (Å²) < 4.78 is 0. The fourth-order valence-corrected chi connectivity index (χ4v) is 3.10. The van der Waals surface area contributed by atoms with Crippen molar-refractivity contribution in [1.82, 2.24) is 10.2 Å². The molecule has 0 aromatic heterocycles. The number of carbonyl (C=O) groups excluding carboxylic acids is 1. The van der Waals surface area contributed by atoms with Gasteiger partial charge in [-0.2, -0.15) is 0 Å². The number of rotatable bonds is 8. The molecule has 112 valence electrons. The van der Waals surface area contributed by atoms with Crippen molar-refractivity contribution in [3.05, 3.63) is 0 Å². The fraction of sp³-hybridized carbons (Fsp3) is 0.938. The number of hydrogen-bond acceptors (Lipinski definition) is 2. The molecule has 1 aliphatic rings. The molecule has 1 N–H and O–H groups in total. The summed E-state index contributed by atoms with van der Waals surface area (Å²) in [6, 6.07) is 0.449. The Morgan fingerprint density at radius 1 is 1.16 bits per heavy atom. The molecule has 1 fully saturated rings. The zero-order valence-corrected chi connectivity index (χ0v) is 13.4. The summed E-state index contributed by atoms with van der Waals surface area (Å²) in [6.45, 7) is 10.9. The minimum Gasteiger partial charge on any atom is -0.323 e. The van der Waals surface area contributed by atoms with Crippen LogP contribution in [0.3, 0.4) is 0 Å². The van der Waals surface area contributed by atoms with Crippen molar-refractivity contribution in [2.75, 3.05) is 0 Å². The first-order valence-electron chi connectivity index (χ1n) is 8.14. The van der Waals surface area contributed by atoms with Gasteiger partial charge in [-0.15, -0.1) is 0 Å². The summed E-state index contributed by atoms with van der Waals surface area (Å²) in [4.78, 5) is 14.8. The second-order valence-electron chi connectivity index (χ2n) is 6.14. The third-order valence-electron chi connectivity index (χ3n) is 4.19. The minimum absolute atomic E-state index is 0.0194. The molecule has 1 heterocycles. The molecule has 0 saturated carbocycles. The summed E-state index contributed by atoms with van der Waals surface area (Å²) in [5.74, 6) is 0.705. The van der Waals surface area contributed by atoms with Gasteiger partial charge in [-0.1, -0.05) is 53.9 Å². The number of amides is 1. The Kier molecular flexibility index (Phi) is 6.84. The quantitative estimate of drug-likeness (QED) is 0.730. The highest BCUT2D eigenvalue weighted by molar-refractivity contribution is 5.84. The van der Waals surface area contributed by atoms with E-state index >= 15 is 0 Å². The van der Waals surface area contributed by atoms with Crippen LogP contribution >= 0.6 is 0 Å². The van der Waals surface area contributed by atoms with Gasteiger partial charge in [0, 0.05) is 6.04 Å². The van der Waals surface area contributed by atoms with Crippen molar-refractivity contribution in [1.29, 1.82) is 0 Å². The maximum Gasteiger partial charge on any atom is 0.241 e. The second-order valence-corrected chi connectivity index (χ2v) is 6.14. The Hall–Kier alpha value is -0.570. The van der Waals surface area contributed by atoms with Crippen LogP contribution in [0.25, 0.3) is 0 Å². The van der Waals surface area contributed by atoms with Crippen LogP contribution in [0.5, 0.6) is 0 Å². The van der Waals surface area contributed by atoms with Crippen LogP contribution in [0.1, 0.15) is 73.1 Å². The first-order valence-corrected chi connectivity index (χ1v) is 8.14. The van der Waals surface area contributed by atoms with Crippen LogP contribution < -0.4 is 5.32 Å². The summed E-state index contributed by atoms with van der Waals surface area (Å²) in [6.07, 6.45) is 7.11. The van der Waals surface area contributed by atoms with E-state index in [-0.39, 0.29) is 12.2 Å². The maximum atomic E-state index is 12.7. The highest BCUT2D eigenvalue weighted by atomic mass is 16.2. The minimum atomic E-state index is 0.0194. The molecule has 3 nitrogen and oxygen atoms in total. The summed E-state index contributed by atoms with van der Waals surface area (Å²) in [5, 5.41) is 3.53. The van der Waals surface area contributed by atoms with Crippen LogP contribution in [0.4, 0.5) is 0 Å². The van der Waals surface area contributed by atoms with Gasteiger partial charge in [-0.3, -0.25) is 10.1 Å². The normalized spacial score (nSPS) is 25.4. The van der Waals surface area contributed by atoms with E-state index in [1.54, 1.807) is 0 Å². The van der Waals surface area contributed by atoms with Gasteiger partial charge in [0.05, 0.1) is 12.2 Å². The molecule has 1 rings (SSSR count). The molecule has 0 aromatic rings. The van der Waals surface area contributed by atoms with Crippen molar-refractivity contribution < 1.29 is 4.79 Å². The number of nitrogens with one attached hydrogen (secondary N) is 1. The SMILES string of the molecule is CCCCC(CCC)N1C(=O)C(C(C)C)NC1CC. The Bertz CT molecular complexity index is 278. The average Bonchev–Trinajstić information content (AvgIpc) is 2.71. The molecule has 0 radical (unpaired) electrons. The van der Waals surface area contributed by atoms with Crippen LogP contribution in [0.15, 0.2) is 0 Å². The van der Waals surface area contributed by atoms with Crippen molar-refractivity contribution in [3.8, 4) is 0 Å². The fourth-order valence-electron chi connectivity index (χ4n) is 3.10. The number of nitrogens with zero attached hydrogens (tertiary/aromatic N) is 1. The van der Waals surface area contributed by atoms with Gasteiger partial charge in [0.1, 0.15) is 0 Å². The predicted octanol–water partition coefficient (Wildman–Crippen LogP) is 3.54. The molecule has 3 atom stereocenters. The lowest BCUT2D eigenvalue weighted by Crippen LogP contribution is -2.44. The van der Waals surface area contributed by atoms with Crippen LogP contribution in [-0.2, 0) is 4.79 Å². The standard InChI is InChI=1S/C16H32N2O/c1-6-9-11-13(10-7-2)18-14(8-3)17-15(12(4)5)16(18)19/h12-15,17H,6-11H2,1-5H3. The molecule has 3 heteroatoms. The molecule has 1 aliphatic heterocycles. The summed E-state index contributed by atoms with van der Waals surface area (Å²) in [5.41, 5.74) is 0. The topological polar surface area (TPSA) is 32.3 Å². The molecule has 0 bridgehead atoms. The smallest absolute Gasteiger partial charge is 0.241 e. The highest BCUT2D eigenvalue weighted by Crippen LogP contribution is 2.25. The molecule has 0 spiro atoms. The molecule has 19 heavy (non-hydrogen) atoms. The van der Waals surface area contributed by atoms with E-state index in [9.17, 15) is 4.79 Å². The zero-order valence-electron chi connectivity index (χ0n) is 13.4. The van der Waals surface area contributed by atoms with E-state index in [1.165, 1.54) is 12.8 Å². The van der Waals surface area contributed by atoms with E-state index in [2.05, 4.69) is 44.8 Å². The Morgan fingerprint density at radius 2 is 1.84 bits per heavy atom. The van der Waals surface area contributed by atoms with Crippen LogP contribution in [-0.4, -0.2) is 29.1 Å². The lowest BCUT2D eigenvalue weighted by Gasteiger charge is -2.32. The van der Waals surface area contributed by atoms with Crippen molar-refractivity contribution in [3.63, 3.8) is 0 Å². The number of carbonyl (C=O) groups is 1. The largest absolute Gasteiger partial charge is 0.323 e. The lowest BCUT2D eigenvalue weighted by atomic mass is 10.0. The monoisotopic (exact) mass is 268 g/mol. The van der Waals surface area contributed by atoms with E-state index < -0.39 is 0 Å². The second kappa shape index (κ2) is 7.88. The van der Waals surface area contributed by atoms with Gasteiger partial charge in [0.2, 0.25) is 5.91 Å². The zero-order chi connectivity index (χ0) is 14.4. The Labute approximate surface area is 119 Å². The summed E-state index contributed by atoms with van der Waals surface area (Å²) >= 11 is 0. The van der Waals surface area contributed by atoms with E-state index in [0.29, 0.717) is 17.9 Å². The maximum absolute atomic E-state index is 12.7. The lowest BCUT2D eigenvalue weighted by molar-refractivity contribution is -0.133. The van der Waals surface area contributed by atoms with Crippen molar-refractivity contribution in [2.45, 2.75) is 91.4 Å². The van der Waals surface area contributed by atoms with Crippen molar-refractivity contribution in [2.24, 2.45) is 5.92 Å². The van der Waals surface area contributed by atoms with Gasteiger partial charge in [-0.25, -0.2) is 0 Å². The molecule has 1 amide bonds. The summed E-state index contributed by atoms with van der Waals surface area (Å²) in [7, 11) is 0. The van der Waals surface area contributed by atoms with Gasteiger partial charge in [0.25, 0.3) is 0 Å². The molecule has 0 aliphatic carbocycles. The molecule has 1 saturated heterocycles. The van der Waals surface area contributed by atoms with E-state index in [1.807, 2.05) is 0 Å². The molecule has 3 unspecified atom stereocenters. The van der Waals surface area contributed by atoms with Gasteiger partial charge in [0.15, 0.2) is 0 Å². The van der Waals surface area contributed by atoms with Gasteiger partial charge < -0.3 is 4.90 Å². The Morgan fingerprint density at radius 3 is 2.32 bits per heavy atom. The first-order chi connectivity index (χ1) is 9.06. The highest BCUT2D eigenvalue weighted by Gasteiger charge is 2.42. The molecule has 0 aromatic carbocycles. The van der Waals surface area contributed by atoms with Gasteiger partial charge >= 0.3 is 0 Å². The third-order valence-corrected chi connectivity index (χ3v) is 4.19. The molecular weight excluding hydrogens is 236 g/mol. The van der Waals surface area contributed by atoms with Crippen LogP contribution in [0.2, 0.25) is 0 Å². The third kappa shape index (κ3) is 3.95. The number of hydrogen-bond donors (Lipinski definition) is 1.